The molecule has 18 heavy (non-hydrogen) atoms. The van der Waals surface area contributed by atoms with E-state index in [1.54, 1.807) is 6.07 Å². The first-order valence-electron chi connectivity index (χ1n) is 6.29. The number of hydrogen-bond acceptors (Lipinski definition) is 3. The minimum Gasteiger partial charge on any atom is -0.377 e. The zero-order valence-corrected chi connectivity index (χ0v) is 10.8. The smallest absolute Gasteiger partial charge is 0.164 e. The summed E-state index contributed by atoms with van der Waals surface area (Å²) in [6.07, 6.45) is 0.911. The third kappa shape index (κ3) is 2.38. The SMILES string of the molecule is CCC1COCCN1c1cccc(F)c1C(C)=O. The highest BCUT2D eigenvalue weighted by molar-refractivity contribution is 6.00. The monoisotopic (exact) mass is 251 g/mol. The van der Waals surface area contributed by atoms with E-state index in [2.05, 4.69) is 11.8 Å². The Morgan fingerprint density at radius 2 is 2.33 bits per heavy atom. The van der Waals surface area contributed by atoms with Crippen LogP contribution in [0.2, 0.25) is 0 Å². The second kappa shape index (κ2) is 5.48. The molecular weight excluding hydrogens is 233 g/mol. The van der Waals surface area contributed by atoms with E-state index < -0.39 is 5.82 Å². The first kappa shape index (κ1) is 13.0. The second-order valence-corrected chi connectivity index (χ2v) is 4.52. The molecule has 1 aliphatic rings. The molecule has 0 bridgehead atoms. The Labute approximate surface area is 107 Å². The van der Waals surface area contributed by atoms with Crippen molar-refractivity contribution in [2.24, 2.45) is 0 Å². The highest BCUT2D eigenvalue weighted by atomic mass is 19.1. The summed E-state index contributed by atoms with van der Waals surface area (Å²) in [7, 11) is 0. The maximum absolute atomic E-state index is 13.8. The van der Waals surface area contributed by atoms with Crippen LogP contribution in [0.4, 0.5) is 10.1 Å². The predicted molar refractivity (Wildman–Crippen MR) is 68.6 cm³/mol. The van der Waals surface area contributed by atoms with Gasteiger partial charge in [-0.1, -0.05) is 13.0 Å². The molecule has 2 rings (SSSR count). The minimum absolute atomic E-state index is 0.192. The maximum Gasteiger partial charge on any atom is 0.164 e. The first-order valence-corrected chi connectivity index (χ1v) is 6.29. The number of anilines is 1. The van der Waals surface area contributed by atoms with Gasteiger partial charge in [-0.05, 0) is 25.5 Å². The van der Waals surface area contributed by atoms with E-state index in [1.165, 1.54) is 13.0 Å². The largest absolute Gasteiger partial charge is 0.377 e. The second-order valence-electron chi connectivity index (χ2n) is 4.52. The highest BCUT2D eigenvalue weighted by Crippen LogP contribution is 2.27. The Hall–Kier alpha value is -1.42. The lowest BCUT2D eigenvalue weighted by Crippen LogP contribution is -2.45. The Kier molecular flexibility index (Phi) is 3.97. The molecule has 0 spiro atoms. The number of rotatable bonds is 3. The third-order valence-corrected chi connectivity index (χ3v) is 3.35. The summed E-state index contributed by atoms with van der Waals surface area (Å²) in [6, 6.07) is 5.01. The molecule has 0 amide bonds. The quantitative estimate of drug-likeness (QED) is 0.773. The van der Waals surface area contributed by atoms with Gasteiger partial charge in [0, 0.05) is 6.54 Å². The summed E-state index contributed by atoms with van der Waals surface area (Å²) in [5, 5.41) is 0. The van der Waals surface area contributed by atoms with Crippen LogP contribution in [0.5, 0.6) is 0 Å². The Morgan fingerprint density at radius 3 is 3.00 bits per heavy atom. The number of morpholine rings is 1. The molecule has 0 aliphatic carbocycles. The fourth-order valence-corrected chi connectivity index (χ4v) is 2.41. The average Bonchev–Trinajstić information content (AvgIpc) is 2.38. The molecule has 0 saturated carbocycles. The van der Waals surface area contributed by atoms with Crippen LogP contribution in [0.3, 0.4) is 0 Å². The van der Waals surface area contributed by atoms with Crippen LogP contribution in [0.15, 0.2) is 18.2 Å². The lowest BCUT2D eigenvalue weighted by atomic mass is 10.0. The summed E-state index contributed by atoms with van der Waals surface area (Å²) in [6.45, 7) is 5.42. The summed E-state index contributed by atoms with van der Waals surface area (Å²) in [5.74, 6) is -0.675. The molecule has 1 unspecified atom stereocenters. The van der Waals surface area contributed by atoms with Crippen LogP contribution in [0, 0.1) is 5.82 Å². The van der Waals surface area contributed by atoms with Crippen molar-refractivity contribution in [1.29, 1.82) is 0 Å². The lowest BCUT2D eigenvalue weighted by molar-refractivity contribution is 0.0921. The van der Waals surface area contributed by atoms with Crippen molar-refractivity contribution in [2.75, 3.05) is 24.7 Å². The lowest BCUT2D eigenvalue weighted by Gasteiger charge is -2.37. The number of benzene rings is 1. The van der Waals surface area contributed by atoms with Crippen LogP contribution in [0.25, 0.3) is 0 Å². The van der Waals surface area contributed by atoms with Crippen LogP contribution in [-0.2, 0) is 4.74 Å². The topological polar surface area (TPSA) is 29.5 Å². The van der Waals surface area contributed by atoms with E-state index in [0.29, 0.717) is 25.4 Å². The standard InChI is InChI=1S/C14H18FNO2/c1-3-11-9-18-8-7-16(11)13-6-4-5-12(15)14(13)10(2)17/h4-6,11H,3,7-9H2,1-2H3. The number of Topliss-reactive ketones (excluding diaryl/α,β-unsaturated/α-hetero) is 1. The van der Waals surface area contributed by atoms with Crippen molar-refractivity contribution in [3.05, 3.63) is 29.6 Å². The number of ketones is 1. The Balaban J connectivity index is 2.42. The highest BCUT2D eigenvalue weighted by Gasteiger charge is 2.26. The normalized spacial score (nSPS) is 19.9. The van der Waals surface area contributed by atoms with Gasteiger partial charge in [-0.2, -0.15) is 0 Å². The average molecular weight is 251 g/mol. The van der Waals surface area contributed by atoms with E-state index in [-0.39, 0.29) is 17.4 Å². The molecule has 1 aliphatic heterocycles. The van der Waals surface area contributed by atoms with E-state index in [0.717, 1.165) is 6.42 Å². The number of ether oxygens (including phenoxy) is 1. The van der Waals surface area contributed by atoms with Crippen molar-refractivity contribution in [3.63, 3.8) is 0 Å². The van der Waals surface area contributed by atoms with Gasteiger partial charge in [0.2, 0.25) is 0 Å². The molecule has 0 radical (unpaired) electrons. The van der Waals surface area contributed by atoms with Crippen LogP contribution in [-0.4, -0.2) is 31.6 Å². The van der Waals surface area contributed by atoms with Crippen LogP contribution < -0.4 is 4.90 Å². The van der Waals surface area contributed by atoms with Gasteiger partial charge in [0.1, 0.15) is 5.82 Å². The van der Waals surface area contributed by atoms with Gasteiger partial charge < -0.3 is 9.64 Å². The van der Waals surface area contributed by atoms with Crippen LogP contribution >= 0.6 is 0 Å². The van der Waals surface area contributed by atoms with Gasteiger partial charge in [0.05, 0.1) is 30.5 Å². The number of carbonyl (C=O) groups is 1. The zero-order valence-electron chi connectivity index (χ0n) is 10.8. The minimum atomic E-state index is -0.443. The molecule has 1 aromatic carbocycles. The van der Waals surface area contributed by atoms with E-state index in [9.17, 15) is 9.18 Å². The summed E-state index contributed by atoms with van der Waals surface area (Å²) in [5.41, 5.74) is 0.885. The molecule has 98 valence electrons. The Morgan fingerprint density at radius 1 is 1.56 bits per heavy atom. The van der Waals surface area contributed by atoms with E-state index >= 15 is 0 Å². The van der Waals surface area contributed by atoms with Gasteiger partial charge in [-0.15, -0.1) is 0 Å². The molecule has 1 atom stereocenters. The third-order valence-electron chi connectivity index (χ3n) is 3.35. The number of nitrogens with zero attached hydrogens (tertiary/aromatic N) is 1. The summed E-state index contributed by atoms with van der Waals surface area (Å²) < 4.78 is 19.2. The molecular formula is C14H18FNO2. The predicted octanol–water partition coefficient (Wildman–Crippen LogP) is 2.64. The molecule has 0 aromatic heterocycles. The maximum atomic E-state index is 13.8. The number of halogens is 1. The number of carbonyl (C=O) groups excluding carboxylic acids is 1. The molecule has 3 nitrogen and oxygen atoms in total. The fourth-order valence-electron chi connectivity index (χ4n) is 2.41. The first-order chi connectivity index (χ1) is 8.65. The summed E-state index contributed by atoms with van der Waals surface area (Å²) >= 11 is 0. The zero-order chi connectivity index (χ0) is 13.1. The van der Waals surface area contributed by atoms with Crippen molar-refractivity contribution >= 4 is 11.5 Å². The molecule has 1 saturated heterocycles. The van der Waals surface area contributed by atoms with Gasteiger partial charge in [0.15, 0.2) is 5.78 Å². The Bertz CT molecular complexity index is 447. The van der Waals surface area contributed by atoms with Gasteiger partial charge in [-0.25, -0.2) is 4.39 Å². The molecule has 1 heterocycles. The van der Waals surface area contributed by atoms with Gasteiger partial charge >= 0.3 is 0 Å². The van der Waals surface area contributed by atoms with Crippen molar-refractivity contribution < 1.29 is 13.9 Å². The van der Waals surface area contributed by atoms with Crippen LogP contribution in [0.1, 0.15) is 30.6 Å². The summed E-state index contributed by atoms with van der Waals surface area (Å²) in [4.78, 5) is 13.7. The molecule has 1 fully saturated rings. The van der Waals surface area contributed by atoms with Crippen molar-refractivity contribution in [1.82, 2.24) is 0 Å². The molecule has 4 heteroatoms. The number of hydrogen-bond donors (Lipinski definition) is 0. The fraction of sp³-hybridized carbons (Fsp3) is 0.500. The van der Waals surface area contributed by atoms with Crippen molar-refractivity contribution in [3.8, 4) is 0 Å². The molecule has 0 N–H and O–H groups in total. The van der Waals surface area contributed by atoms with Gasteiger partial charge in [-0.3, -0.25) is 4.79 Å². The van der Waals surface area contributed by atoms with E-state index in [4.69, 9.17) is 4.74 Å². The van der Waals surface area contributed by atoms with Crippen molar-refractivity contribution in [2.45, 2.75) is 26.3 Å². The molecule has 1 aromatic rings. The van der Waals surface area contributed by atoms with Gasteiger partial charge in [0.25, 0.3) is 0 Å². The van der Waals surface area contributed by atoms with E-state index in [1.807, 2.05) is 6.07 Å².